The van der Waals surface area contributed by atoms with Gasteiger partial charge < -0.3 is 9.80 Å². The van der Waals surface area contributed by atoms with E-state index in [1.54, 1.807) is 0 Å². The number of hydrogen-bond acceptors (Lipinski definition) is 4. The van der Waals surface area contributed by atoms with Crippen LogP contribution in [0.2, 0.25) is 0 Å². The number of hydrogen-bond donors (Lipinski definition) is 0. The van der Waals surface area contributed by atoms with Gasteiger partial charge in [-0.15, -0.1) is 0 Å². The van der Waals surface area contributed by atoms with Gasteiger partial charge in [0.15, 0.2) is 11.6 Å². The maximum Gasteiger partial charge on any atom is 0.179 e. The van der Waals surface area contributed by atoms with Crippen molar-refractivity contribution in [2.45, 2.75) is 91.1 Å². The molecule has 0 saturated carbocycles. The molecule has 0 radical (unpaired) electrons. The van der Waals surface area contributed by atoms with Crippen molar-refractivity contribution in [2.75, 3.05) is 9.80 Å². The van der Waals surface area contributed by atoms with Gasteiger partial charge in [-0.1, -0.05) is 103 Å². The third-order valence-corrected chi connectivity index (χ3v) is 9.38. The molecule has 0 fully saturated rings. The van der Waals surface area contributed by atoms with E-state index in [-0.39, 0.29) is 6.17 Å². The Morgan fingerprint density at radius 3 is 2.07 bits per heavy atom. The van der Waals surface area contributed by atoms with Crippen LogP contribution in [0.25, 0.3) is 11.3 Å². The topological polar surface area (TPSA) is 32.3 Å². The Morgan fingerprint density at radius 1 is 0.732 bits per heavy atom. The summed E-state index contributed by atoms with van der Waals surface area (Å²) in [6.45, 7) is 13.8. The molecule has 0 saturated heterocycles. The molecular weight excluding hydrogens is 500 g/mol. The zero-order valence-electron chi connectivity index (χ0n) is 25.5. The zero-order chi connectivity index (χ0) is 28.7. The lowest BCUT2D eigenvalue weighted by Crippen LogP contribution is -2.41. The van der Waals surface area contributed by atoms with Crippen LogP contribution in [-0.4, -0.2) is 16.1 Å². The Bertz CT molecular complexity index is 1480. The molecule has 2 aliphatic rings. The van der Waals surface area contributed by atoms with Gasteiger partial charge in [0.1, 0.15) is 6.17 Å². The van der Waals surface area contributed by atoms with Crippen LogP contribution in [0.15, 0.2) is 79.0 Å². The van der Waals surface area contributed by atoms with Crippen LogP contribution in [0.1, 0.15) is 102 Å². The lowest BCUT2D eigenvalue weighted by molar-refractivity contribution is 0.346. The van der Waals surface area contributed by atoms with Gasteiger partial charge in [0, 0.05) is 16.9 Å². The van der Waals surface area contributed by atoms with Crippen LogP contribution in [0.3, 0.4) is 0 Å². The minimum Gasteiger partial charge on any atom is -0.302 e. The van der Waals surface area contributed by atoms with Crippen LogP contribution < -0.4 is 9.80 Å². The van der Waals surface area contributed by atoms with E-state index in [1.807, 2.05) is 6.20 Å². The average molecular weight is 545 g/mol. The molecule has 3 atom stereocenters. The molecular formula is C37H44N4. The molecule has 212 valence electrons. The fraction of sp³-hybridized carbons (Fsp3) is 0.405. The van der Waals surface area contributed by atoms with Crippen molar-refractivity contribution in [3.05, 3.63) is 95.7 Å². The Labute approximate surface area is 246 Å². The second-order valence-electron chi connectivity index (χ2n) is 12.4. The number of nitrogens with zero attached hydrogens (tertiary/aromatic N) is 4. The van der Waals surface area contributed by atoms with Crippen LogP contribution in [0.4, 0.5) is 23.0 Å². The van der Waals surface area contributed by atoms with Crippen molar-refractivity contribution in [2.24, 2.45) is 5.92 Å². The van der Waals surface area contributed by atoms with Crippen molar-refractivity contribution in [1.82, 2.24) is 9.97 Å². The van der Waals surface area contributed by atoms with Gasteiger partial charge >= 0.3 is 0 Å². The molecule has 3 unspecified atom stereocenters. The minimum absolute atomic E-state index is 0.126. The van der Waals surface area contributed by atoms with Crippen molar-refractivity contribution in [3.8, 4) is 11.3 Å². The van der Waals surface area contributed by atoms with E-state index in [1.165, 1.54) is 46.5 Å². The summed E-state index contributed by atoms with van der Waals surface area (Å²) in [5.41, 5.74) is 8.81. The molecule has 0 bridgehead atoms. The molecule has 3 aromatic carbocycles. The highest BCUT2D eigenvalue weighted by Crippen LogP contribution is 2.52. The second-order valence-corrected chi connectivity index (χ2v) is 12.4. The fourth-order valence-electron chi connectivity index (χ4n) is 7.37. The molecule has 0 spiro atoms. The monoisotopic (exact) mass is 544 g/mol. The Kier molecular flexibility index (Phi) is 7.59. The maximum atomic E-state index is 5.55. The molecule has 0 aliphatic carbocycles. The average Bonchev–Trinajstić information content (AvgIpc) is 3.31. The van der Waals surface area contributed by atoms with Crippen LogP contribution in [0, 0.1) is 5.92 Å². The summed E-state index contributed by atoms with van der Waals surface area (Å²) >= 11 is 0. The van der Waals surface area contributed by atoms with Gasteiger partial charge in [-0.3, -0.25) is 0 Å². The number of para-hydroxylation sites is 2. The molecule has 4 heteroatoms. The van der Waals surface area contributed by atoms with E-state index < -0.39 is 0 Å². The van der Waals surface area contributed by atoms with Gasteiger partial charge in [0.25, 0.3) is 0 Å². The second kappa shape index (κ2) is 11.3. The van der Waals surface area contributed by atoms with Gasteiger partial charge in [0.05, 0.1) is 11.9 Å². The Balaban J connectivity index is 1.61. The van der Waals surface area contributed by atoms with Gasteiger partial charge in [-0.25, -0.2) is 9.97 Å². The summed E-state index contributed by atoms with van der Waals surface area (Å²) in [7, 11) is 0. The molecule has 3 heterocycles. The van der Waals surface area contributed by atoms with Crippen molar-refractivity contribution in [3.63, 3.8) is 0 Å². The highest BCUT2D eigenvalue weighted by molar-refractivity contribution is 5.86. The van der Waals surface area contributed by atoms with E-state index in [4.69, 9.17) is 9.97 Å². The predicted molar refractivity (Wildman–Crippen MR) is 173 cm³/mol. The standard InChI is InChI=1S/C37H44N4/c1-7-26-21-22-34-40(27-15-10-9-11-16-27)36-37(41(34)33-20-13-12-17-31(33)28(26)8-2)39-32(23-38-36)35-29(24(3)4)18-14-19-30(35)25(5)6/h9-20,23-26,28,34H,7-8,21-22H2,1-6H3. The smallest absolute Gasteiger partial charge is 0.179 e. The SMILES string of the molecule is CCC1CCC2N(c3ccccc3)c3ncc(-c4c(C(C)C)cccc4C(C)C)nc3N2c2ccccc2C1CC. The van der Waals surface area contributed by atoms with Crippen molar-refractivity contribution >= 4 is 23.0 Å². The summed E-state index contributed by atoms with van der Waals surface area (Å²) in [6.07, 6.45) is 6.74. The number of aromatic nitrogens is 2. The normalized spacial score (nSPS) is 20.0. The minimum atomic E-state index is 0.126. The molecule has 6 rings (SSSR count). The first-order valence-electron chi connectivity index (χ1n) is 15.7. The van der Waals surface area contributed by atoms with Crippen LogP contribution >= 0.6 is 0 Å². The zero-order valence-corrected chi connectivity index (χ0v) is 25.5. The number of benzene rings is 3. The van der Waals surface area contributed by atoms with Gasteiger partial charge in [-0.05, 0) is 77.8 Å². The first kappa shape index (κ1) is 27.5. The van der Waals surface area contributed by atoms with E-state index in [0.29, 0.717) is 23.7 Å². The molecule has 4 nitrogen and oxygen atoms in total. The first-order chi connectivity index (χ1) is 19.9. The van der Waals surface area contributed by atoms with Crippen LogP contribution in [-0.2, 0) is 0 Å². The summed E-state index contributed by atoms with van der Waals surface area (Å²) in [5, 5.41) is 0. The molecule has 2 aliphatic heterocycles. The van der Waals surface area contributed by atoms with E-state index in [2.05, 4.69) is 124 Å². The van der Waals surface area contributed by atoms with E-state index >= 15 is 0 Å². The number of rotatable bonds is 6. The number of fused-ring (bicyclic) bond motifs is 5. The van der Waals surface area contributed by atoms with E-state index in [0.717, 1.165) is 30.2 Å². The molecule has 41 heavy (non-hydrogen) atoms. The summed E-state index contributed by atoms with van der Waals surface area (Å²) in [6, 6.07) is 26.6. The largest absolute Gasteiger partial charge is 0.302 e. The van der Waals surface area contributed by atoms with Crippen molar-refractivity contribution < 1.29 is 0 Å². The molecule has 0 amide bonds. The highest BCUT2D eigenvalue weighted by Gasteiger charge is 2.43. The third kappa shape index (κ3) is 4.71. The molecule has 1 aromatic heterocycles. The fourth-order valence-corrected chi connectivity index (χ4v) is 7.37. The lowest BCUT2D eigenvalue weighted by atomic mass is 9.77. The van der Waals surface area contributed by atoms with Gasteiger partial charge in [-0.2, -0.15) is 0 Å². The highest BCUT2D eigenvalue weighted by atomic mass is 15.5. The lowest BCUT2D eigenvalue weighted by Gasteiger charge is -2.39. The molecule has 4 aromatic rings. The van der Waals surface area contributed by atoms with Gasteiger partial charge in [0.2, 0.25) is 0 Å². The number of anilines is 4. The van der Waals surface area contributed by atoms with E-state index in [9.17, 15) is 0 Å². The van der Waals surface area contributed by atoms with Crippen LogP contribution in [0.5, 0.6) is 0 Å². The summed E-state index contributed by atoms with van der Waals surface area (Å²) in [5.74, 6) is 3.92. The first-order valence-corrected chi connectivity index (χ1v) is 15.7. The summed E-state index contributed by atoms with van der Waals surface area (Å²) < 4.78 is 0. The maximum absolute atomic E-state index is 5.55. The third-order valence-electron chi connectivity index (χ3n) is 9.38. The Hall–Kier alpha value is -3.66. The Morgan fingerprint density at radius 2 is 1.41 bits per heavy atom. The quantitative estimate of drug-likeness (QED) is 0.242. The predicted octanol–water partition coefficient (Wildman–Crippen LogP) is 10.3. The molecule has 0 N–H and O–H groups in total. The van der Waals surface area contributed by atoms with Crippen molar-refractivity contribution in [1.29, 1.82) is 0 Å². The summed E-state index contributed by atoms with van der Waals surface area (Å²) in [4.78, 5) is 15.8.